The molecule has 0 radical (unpaired) electrons. The summed E-state index contributed by atoms with van der Waals surface area (Å²) in [5, 5.41) is 15.6. The van der Waals surface area contributed by atoms with Gasteiger partial charge in [0.15, 0.2) is 0 Å². The van der Waals surface area contributed by atoms with Gasteiger partial charge in [-0.3, -0.25) is 4.90 Å². The number of hydrogen-bond acceptors (Lipinski definition) is 4. The van der Waals surface area contributed by atoms with Gasteiger partial charge in [-0.25, -0.2) is 0 Å². The Bertz CT molecular complexity index is 430. The minimum Gasteiger partial charge on any atom is -0.384 e. The number of rotatable bonds is 4. The zero-order valence-electron chi connectivity index (χ0n) is 10.9. The van der Waals surface area contributed by atoms with Crippen LogP contribution in [0.1, 0.15) is 11.1 Å². The van der Waals surface area contributed by atoms with Crippen LogP contribution in [0.2, 0.25) is 0 Å². The van der Waals surface area contributed by atoms with Gasteiger partial charge in [-0.2, -0.15) is 5.26 Å². The molecule has 0 atom stereocenters. The molecule has 2 rings (SSSR count). The van der Waals surface area contributed by atoms with Crippen molar-refractivity contribution in [2.75, 3.05) is 44.6 Å². The molecule has 1 heterocycles. The zero-order chi connectivity index (χ0) is 12.8. The molecule has 1 aromatic rings. The van der Waals surface area contributed by atoms with E-state index in [4.69, 9.17) is 5.26 Å². The third-order valence-electron chi connectivity index (χ3n) is 3.31. The third kappa shape index (κ3) is 3.46. The van der Waals surface area contributed by atoms with E-state index in [0.717, 1.165) is 56.1 Å². The Morgan fingerprint density at radius 3 is 2.83 bits per heavy atom. The third-order valence-corrected chi connectivity index (χ3v) is 3.31. The van der Waals surface area contributed by atoms with Gasteiger partial charge in [-0.05, 0) is 30.7 Å². The van der Waals surface area contributed by atoms with E-state index in [9.17, 15) is 0 Å². The summed E-state index contributed by atoms with van der Waals surface area (Å²) in [5.41, 5.74) is 2.98. The number of aryl methyl sites for hydroxylation is 1. The van der Waals surface area contributed by atoms with Gasteiger partial charge in [0, 0.05) is 45.0 Å². The van der Waals surface area contributed by atoms with Crippen molar-refractivity contribution in [1.82, 2.24) is 10.2 Å². The Balaban J connectivity index is 1.81. The van der Waals surface area contributed by atoms with Crippen LogP contribution in [0.15, 0.2) is 18.2 Å². The van der Waals surface area contributed by atoms with Crippen molar-refractivity contribution in [2.24, 2.45) is 0 Å². The van der Waals surface area contributed by atoms with Crippen molar-refractivity contribution >= 4 is 5.69 Å². The molecule has 0 aromatic heterocycles. The molecule has 1 saturated heterocycles. The van der Waals surface area contributed by atoms with Crippen molar-refractivity contribution in [3.8, 4) is 6.07 Å². The molecule has 0 spiro atoms. The number of piperazine rings is 1. The van der Waals surface area contributed by atoms with Gasteiger partial charge in [0.05, 0.1) is 11.6 Å². The van der Waals surface area contributed by atoms with Crippen molar-refractivity contribution in [3.05, 3.63) is 29.3 Å². The van der Waals surface area contributed by atoms with Crippen LogP contribution in [-0.2, 0) is 0 Å². The van der Waals surface area contributed by atoms with Crippen LogP contribution in [-0.4, -0.2) is 44.2 Å². The fourth-order valence-electron chi connectivity index (χ4n) is 2.21. The Labute approximate surface area is 109 Å². The number of anilines is 1. The van der Waals surface area contributed by atoms with Gasteiger partial charge in [-0.1, -0.05) is 0 Å². The summed E-state index contributed by atoms with van der Waals surface area (Å²) in [4.78, 5) is 2.46. The molecular formula is C14H20N4. The molecule has 0 saturated carbocycles. The standard InChI is InChI=1S/C14H20N4/c1-12-10-13(11-15)2-3-14(12)17-6-9-18-7-4-16-5-8-18/h2-3,10,16-17H,4-9H2,1H3. The van der Waals surface area contributed by atoms with Gasteiger partial charge in [-0.15, -0.1) is 0 Å². The van der Waals surface area contributed by atoms with Gasteiger partial charge < -0.3 is 10.6 Å². The summed E-state index contributed by atoms with van der Waals surface area (Å²) in [6.07, 6.45) is 0. The fourth-order valence-corrected chi connectivity index (χ4v) is 2.21. The van der Waals surface area contributed by atoms with Crippen molar-refractivity contribution in [1.29, 1.82) is 5.26 Å². The molecule has 96 valence electrons. The highest BCUT2D eigenvalue weighted by Gasteiger charge is 2.08. The molecule has 0 unspecified atom stereocenters. The Morgan fingerprint density at radius 1 is 1.39 bits per heavy atom. The minimum atomic E-state index is 0.722. The summed E-state index contributed by atoms with van der Waals surface area (Å²) >= 11 is 0. The van der Waals surface area contributed by atoms with E-state index in [-0.39, 0.29) is 0 Å². The Hall–Kier alpha value is -1.57. The first-order valence-electron chi connectivity index (χ1n) is 6.47. The lowest BCUT2D eigenvalue weighted by molar-refractivity contribution is 0.249. The van der Waals surface area contributed by atoms with Crippen LogP contribution >= 0.6 is 0 Å². The van der Waals surface area contributed by atoms with Crippen molar-refractivity contribution in [2.45, 2.75) is 6.92 Å². The van der Waals surface area contributed by atoms with E-state index in [1.54, 1.807) is 0 Å². The predicted molar refractivity (Wildman–Crippen MR) is 73.7 cm³/mol. The van der Waals surface area contributed by atoms with Crippen LogP contribution in [0.25, 0.3) is 0 Å². The lowest BCUT2D eigenvalue weighted by Crippen LogP contribution is -2.45. The first-order valence-corrected chi connectivity index (χ1v) is 6.47. The number of benzene rings is 1. The molecule has 1 aliphatic heterocycles. The number of hydrogen-bond donors (Lipinski definition) is 2. The lowest BCUT2D eigenvalue weighted by Gasteiger charge is -2.27. The summed E-state index contributed by atoms with van der Waals surface area (Å²) < 4.78 is 0. The highest BCUT2D eigenvalue weighted by molar-refractivity contribution is 5.54. The van der Waals surface area contributed by atoms with Gasteiger partial charge >= 0.3 is 0 Å². The largest absolute Gasteiger partial charge is 0.384 e. The lowest BCUT2D eigenvalue weighted by atomic mass is 10.1. The Kier molecular flexibility index (Phi) is 4.57. The molecule has 1 aromatic carbocycles. The molecule has 4 nitrogen and oxygen atoms in total. The molecule has 1 aliphatic rings. The van der Waals surface area contributed by atoms with Crippen molar-refractivity contribution < 1.29 is 0 Å². The molecule has 2 N–H and O–H groups in total. The zero-order valence-corrected chi connectivity index (χ0v) is 10.9. The van der Waals surface area contributed by atoms with Gasteiger partial charge in [0.25, 0.3) is 0 Å². The second-order valence-electron chi connectivity index (χ2n) is 4.66. The quantitative estimate of drug-likeness (QED) is 0.835. The highest BCUT2D eigenvalue weighted by atomic mass is 15.2. The maximum atomic E-state index is 8.82. The molecule has 18 heavy (non-hydrogen) atoms. The topological polar surface area (TPSA) is 51.1 Å². The van der Waals surface area contributed by atoms with Crippen LogP contribution in [0.3, 0.4) is 0 Å². The Morgan fingerprint density at radius 2 is 2.17 bits per heavy atom. The summed E-state index contributed by atoms with van der Waals surface area (Å²) in [7, 11) is 0. The number of nitriles is 1. The van der Waals surface area contributed by atoms with Crippen molar-refractivity contribution in [3.63, 3.8) is 0 Å². The summed E-state index contributed by atoms with van der Waals surface area (Å²) in [6.45, 7) is 8.51. The molecule has 0 bridgehead atoms. The van der Waals surface area contributed by atoms with Crippen LogP contribution < -0.4 is 10.6 Å². The molecule has 0 amide bonds. The molecular weight excluding hydrogens is 224 g/mol. The second-order valence-corrected chi connectivity index (χ2v) is 4.66. The maximum absolute atomic E-state index is 8.82. The highest BCUT2D eigenvalue weighted by Crippen LogP contribution is 2.15. The molecule has 0 aliphatic carbocycles. The SMILES string of the molecule is Cc1cc(C#N)ccc1NCCN1CCNCC1. The maximum Gasteiger partial charge on any atom is 0.0991 e. The monoisotopic (exact) mass is 244 g/mol. The summed E-state index contributed by atoms with van der Waals surface area (Å²) in [6, 6.07) is 7.94. The van der Waals surface area contributed by atoms with E-state index in [2.05, 4.69) is 21.6 Å². The van der Waals surface area contributed by atoms with Crippen LogP contribution in [0.4, 0.5) is 5.69 Å². The van der Waals surface area contributed by atoms with Gasteiger partial charge in [0.2, 0.25) is 0 Å². The normalized spacial score (nSPS) is 16.2. The molecule has 1 fully saturated rings. The van der Waals surface area contributed by atoms with Crippen LogP contribution in [0.5, 0.6) is 0 Å². The average molecular weight is 244 g/mol. The number of nitrogens with zero attached hydrogens (tertiary/aromatic N) is 2. The van der Waals surface area contributed by atoms with Crippen LogP contribution in [0, 0.1) is 18.3 Å². The minimum absolute atomic E-state index is 0.722. The van der Waals surface area contributed by atoms with E-state index in [0.29, 0.717) is 0 Å². The van der Waals surface area contributed by atoms with Gasteiger partial charge in [0.1, 0.15) is 0 Å². The number of nitrogens with one attached hydrogen (secondary N) is 2. The van der Waals surface area contributed by atoms with E-state index >= 15 is 0 Å². The van der Waals surface area contributed by atoms with E-state index < -0.39 is 0 Å². The molecule has 4 heteroatoms. The average Bonchev–Trinajstić information content (AvgIpc) is 2.42. The summed E-state index contributed by atoms with van der Waals surface area (Å²) in [5.74, 6) is 0. The first-order chi connectivity index (χ1) is 8.79. The first kappa shape index (κ1) is 12.9. The van der Waals surface area contributed by atoms with E-state index in [1.807, 2.05) is 25.1 Å². The predicted octanol–water partition coefficient (Wildman–Crippen LogP) is 1.18. The second kappa shape index (κ2) is 6.39. The fraction of sp³-hybridized carbons (Fsp3) is 0.500. The van der Waals surface area contributed by atoms with E-state index in [1.165, 1.54) is 0 Å². The smallest absolute Gasteiger partial charge is 0.0991 e.